The molecule has 0 spiro atoms. The number of ether oxygens (including phenoxy) is 2. The third-order valence-corrected chi connectivity index (χ3v) is 3.71. The molecule has 8 heteroatoms. The minimum absolute atomic E-state index is 0.0299. The van der Waals surface area contributed by atoms with Gasteiger partial charge in [-0.1, -0.05) is 0 Å². The number of non-ortho nitro benzene ring substituents is 1. The van der Waals surface area contributed by atoms with Crippen LogP contribution in [-0.4, -0.2) is 25.1 Å². The molecule has 0 aliphatic carbocycles. The van der Waals surface area contributed by atoms with Crippen LogP contribution in [0.1, 0.15) is 10.4 Å². The van der Waals surface area contributed by atoms with E-state index in [1.807, 2.05) is 0 Å². The second-order valence-electron chi connectivity index (χ2n) is 4.45. The molecule has 2 rings (SSSR count). The summed E-state index contributed by atoms with van der Waals surface area (Å²) >= 11 is 3.28. The molecule has 120 valence electrons. The highest BCUT2D eigenvalue weighted by Crippen LogP contribution is 2.34. The molecule has 2 aromatic rings. The number of nitro benzene ring substituents is 1. The van der Waals surface area contributed by atoms with Crippen LogP contribution in [0.4, 0.5) is 17.1 Å². The van der Waals surface area contributed by atoms with Crippen molar-refractivity contribution in [2.75, 3.05) is 19.5 Å². The molecule has 0 radical (unpaired) electrons. The Morgan fingerprint density at radius 2 is 1.91 bits per heavy atom. The van der Waals surface area contributed by atoms with Crippen molar-refractivity contribution >= 4 is 39.0 Å². The van der Waals surface area contributed by atoms with E-state index in [-0.39, 0.29) is 5.69 Å². The fourth-order valence-corrected chi connectivity index (χ4v) is 2.38. The van der Waals surface area contributed by atoms with Crippen molar-refractivity contribution in [3.8, 4) is 5.75 Å². The lowest BCUT2D eigenvalue weighted by Gasteiger charge is -2.13. The Kier molecular flexibility index (Phi) is 5.17. The highest BCUT2D eigenvalue weighted by atomic mass is 79.9. The second kappa shape index (κ2) is 7.10. The van der Waals surface area contributed by atoms with Gasteiger partial charge in [0, 0.05) is 16.6 Å². The quantitative estimate of drug-likeness (QED) is 0.480. The van der Waals surface area contributed by atoms with Gasteiger partial charge in [-0.25, -0.2) is 4.79 Å². The molecule has 0 unspecified atom stereocenters. The van der Waals surface area contributed by atoms with E-state index in [2.05, 4.69) is 26.0 Å². The predicted molar refractivity (Wildman–Crippen MR) is 88.4 cm³/mol. The number of rotatable bonds is 5. The number of nitrogens with one attached hydrogen (secondary N) is 1. The Bertz CT molecular complexity index is 764. The zero-order chi connectivity index (χ0) is 17.0. The SMILES string of the molecule is COC(=O)c1ccc(OC)c(Nc2ccc([N+](=O)[O-])cc2Br)c1. The summed E-state index contributed by atoms with van der Waals surface area (Å²) in [7, 11) is 2.80. The van der Waals surface area contributed by atoms with E-state index < -0.39 is 10.9 Å². The minimum Gasteiger partial charge on any atom is -0.495 e. The molecular formula is C15H13BrN2O5. The highest BCUT2D eigenvalue weighted by Gasteiger charge is 2.13. The largest absolute Gasteiger partial charge is 0.495 e. The molecule has 7 nitrogen and oxygen atoms in total. The first-order valence-electron chi connectivity index (χ1n) is 6.43. The monoisotopic (exact) mass is 380 g/mol. The number of halogens is 1. The summed E-state index contributed by atoms with van der Waals surface area (Å²) in [5.41, 5.74) is 1.45. The van der Waals surface area contributed by atoms with E-state index in [9.17, 15) is 14.9 Å². The van der Waals surface area contributed by atoms with Crippen LogP contribution in [0.2, 0.25) is 0 Å². The number of hydrogen-bond donors (Lipinski definition) is 1. The molecule has 1 N–H and O–H groups in total. The lowest BCUT2D eigenvalue weighted by molar-refractivity contribution is -0.384. The highest BCUT2D eigenvalue weighted by molar-refractivity contribution is 9.10. The number of nitro groups is 1. The first-order valence-corrected chi connectivity index (χ1v) is 7.23. The van der Waals surface area contributed by atoms with Crippen LogP contribution < -0.4 is 10.1 Å². The molecule has 2 aromatic carbocycles. The molecule has 0 atom stereocenters. The van der Waals surface area contributed by atoms with Gasteiger partial charge in [-0.3, -0.25) is 10.1 Å². The summed E-state index contributed by atoms with van der Waals surface area (Å²) in [6.07, 6.45) is 0. The van der Waals surface area contributed by atoms with E-state index in [0.29, 0.717) is 27.2 Å². The molecule has 0 bridgehead atoms. The topological polar surface area (TPSA) is 90.7 Å². The maximum absolute atomic E-state index is 11.6. The second-order valence-corrected chi connectivity index (χ2v) is 5.31. The molecule has 0 fully saturated rings. The molecular weight excluding hydrogens is 368 g/mol. The molecule has 0 aromatic heterocycles. The maximum atomic E-state index is 11.6. The zero-order valence-corrected chi connectivity index (χ0v) is 13.9. The third kappa shape index (κ3) is 3.78. The van der Waals surface area contributed by atoms with Gasteiger partial charge in [0.1, 0.15) is 5.75 Å². The van der Waals surface area contributed by atoms with E-state index in [1.165, 1.54) is 26.4 Å². The van der Waals surface area contributed by atoms with E-state index in [1.54, 1.807) is 24.3 Å². The van der Waals surface area contributed by atoms with Crippen LogP contribution in [0, 0.1) is 10.1 Å². The van der Waals surface area contributed by atoms with Crippen LogP contribution in [0.25, 0.3) is 0 Å². The van der Waals surface area contributed by atoms with E-state index in [4.69, 9.17) is 4.74 Å². The molecule has 0 aliphatic rings. The van der Waals surface area contributed by atoms with Gasteiger partial charge in [-0.15, -0.1) is 0 Å². The average Bonchev–Trinajstić information content (AvgIpc) is 2.55. The summed E-state index contributed by atoms with van der Waals surface area (Å²) in [4.78, 5) is 21.9. The molecule has 0 aliphatic heterocycles. The number of methoxy groups -OCH3 is 2. The van der Waals surface area contributed by atoms with Gasteiger partial charge in [0.2, 0.25) is 0 Å². The third-order valence-electron chi connectivity index (χ3n) is 3.05. The number of carbonyl (C=O) groups is 1. The number of anilines is 2. The van der Waals surface area contributed by atoms with E-state index in [0.717, 1.165) is 0 Å². The van der Waals surface area contributed by atoms with E-state index >= 15 is 0 Å². The van der Waals surface area contributed by atoms with Crippen molar-refractivity contribution in [2.45, 2.75) is 0 Å². The van der Waals surface area contributed by atoms with Crippen molar-refractivity contribution in [1.29, 1.82) is 0 Å². The molecule has 0 saturated carbocycles. The van der Waals surface area contributed by atoms with Gasteiger partial charge in [-0.05, 0) is 40.2 Å². The standard InChI is InChI=1S/C15H13BrN2O5/c1-22-14-6-3-9(15(19)23-2)7-13(14)17-12-5-4-10(18(20)21)8-11(12)16/h3-8,17H,1-2H3. The van der Waals surface area contributed by atoms with Gasteiger partial charge in [0.05, 0.1) is 36.1 Å². The lowest BCUT2D eigenvalue weighted by atomic mass is 10.1. The summed E-state index contributed by atoms with van der Waals surface area (Å²) < 4.78 is 10.4. The van der Waals surface area contributed by atoms with Gasteiger partial charge >= 0.3 is 5.97 Å². The van der Waals surface area contributed by atoms with Gasteiger partial charge in [-0.2, -0.15) is 0 Å². The molecule has 0 heterocycles. The number of benzene rings is 2. The lowest BCUT2D eigenvalue weighted by Crippen LogP contribution is -2.03. The Hall–Kier alpha value is -2.61. The molecule has 0 amide bonds. The van der Waals surface area contributed by atoms with Crippen molar-refractivity contribution < 1.29 is 19.2 Å². The van der Waals surface area contributed by atoms with Crippen molar-refractivity contribution in [2.24, 2.45) is 0 Å². The first-order chi connectivity index (χ1) is 11.0. The van der Waals surface area contributed by atoms with Crippen LogP contribution >= 0.6 is 15.9 Å². The molecule has 23 heavy (non-hydrogen) atoms. The number of hydrogen-bond acceptors (Lipinski definition) is 6. The van der Waals surface area contributed by atoms with Gasteiger partial charge < -0.3 is 14.8 Å². The Balaban J connectivity index is 2.38. The summed E-state index contributed by atoms with van der Waals surface area (Å²) in [6, 6.07) is 9.13. The van der Waals surface area contributed by atoms with Gasteiger partial charge in [0.15, 0.2) is 0 Å². The van der Waals surface area contributed by atoms with Crippen LogP contribution in [0.3, 0.4) is 0 Å². The minimum atomic E-state index is -0.479. The Morgan fingerprint density at radius 1 is 1.17 bits per heavy atom. The maximum Gasteiger partial charge on any atom is 0.337 e. The Morgan fingerprint density at radius 3 is 2.48 bits per heavy atom. The molecule has 0 saturated heterocycles. The Labute approximate surface area is 140 Å². The summed E-state index contributed by atoms with van der Waals surface area (Å²) in [6.45, 7) is 0. The van der Waals surface area contributed by atoms with Gasteiger partial charge in [0.25, 0.3) is 5.69 Å². The average molecular weight is 381 g/mol. The normalized spacial score (nSPS) is 10.0. The number of nitrogens with zero attached hydrogens (tertiary/aromatic N) is 1. The van der Waals surface area contributed by atoms with Crippen molar-refractivity contribution in [3.05, 3.63) is 56.5 Å². The number of carbonyl (C=O) groups excluding carboxylic acids is 1. The predicted octanol–water partition coefficient (Wildman–Crippen LogP) is 3.90. The summed E-state index contributed by atoms with van der Waals surface area (Å²) in [5, 5.41) is 13.8. The summed E-state index contributed by atoms with van der Waals surface area (Å²) in [5.74, 6) is 0.0429. The zero-order valence-electron chi connectivity index (χ0n) is 12.3. The van der Waals surface area contributed by atoms with Crippen molar-refractivity contribution in [1.82, 2.24) is 0 Å². The van der Waals surface area contributed by atoms with Crippen LogP contribution in [-0.2, 0) is 4.74 Å². The smallest absolute Gasteiger partial charge is 0.337 e. The fourth-order valence-electron chi connectivity index (χ4n) is 1.91. The van der Waals surface area contributed by atoms with Crippen molar-refractivity contribution in [3.63, 3.8) is 0 Å². The number of esters is 1. The van der Waals surface area contributed by atoms with Crippen LogP contribution in [0.15, 0.2) is 40.9 Å². The first kappa shape index (κ1) is 16.8. The van der Waals surface area contributed by atoms with Crippen LogP contribution in [0.5, 0.6) is 5.75 Å². The fraction of sp³-hybridized carbons (Fsp3) is 0.133.